The van der Waals surface area contributed by atoms with Gasteiger partial charge in [-0.1, -0.05) is 83.1 Å². The van der Waals surface area contributed by atoms with Crippen LogP contribution < -0.4 is 0 Å². The third-order valence-electron chi connectivity index (χ3n) is 7.42. The van der Waals surface area contributed by atoms with Crippen LogP contribution in [-0.4, -0.2) is 12.7 Å². The van der Waals surface area contributed by atoms with Gasteiger partial charge in [0.1, 0.15) is 0 Å². The van der Waals surface area contributed by atoms with Crippen LogP contribution in [0.3, 0.4) is 0 Å². The zero-order valence-corrected chi connectivity index (χ0v) is 30.3. The fourth-order valence-corrected chi connectivity index (χ4v) is 3.76. The van der Waals surface area contributed by atoms with Gasteiger partial charge in [-0.2, -0.15) is 0 Å². The molecule has 19 radical (unpaired) electrons. The molecule has 9 heteroatoms. The number of rotatable bonds is 0. The summed E-state index contributed by atoms with van der Waals surface area (Å²) in [4.78, 5) is 0. The third-order valence-corrected chi connectivity index (χ3v) is 7.42. The van der Waals surface area contributed by atoms with Crippen molar-refractivity contribution in [2.45, 2.75) is 83.1 Å². The normalized spacial score (nSPS) is 22.8. The minimum absolute atomic E-state index is 0. The predicted molar refractivity (Wildman–Crippen MR) is 147 cm³/mol. The molecule has 0 atom stereocenters. The van der Waals surface area contributed by atoms with Crippen LogP contribution in [0.25, 0.3) is 0 Å². The van der Waals surface area contributed by atoms with Crippen molar-refractivity contribution in [3.05, 3.63) is 110 Å². The summed E-state index contributed by atoms with van der Waals surface area (Å²) in [7, 11) is -6.00. The minimum atomic E-state index is -6.00. The van der Waals surface area contributed by atoms with E-state index in [2.05, 4.69) is 83.1 Å². The van der Waals surface area contributed by atoms with Crippen molar-refractivity contribution in [1.82, 2.24) is 0 Å². The second-order valence-corrected chi connectivity index (χ2v) is 9.15. The second kappa shape index (κ2) is 24.0. The molecule has 3 aliphatic carbocycles. The number of hydrogen-bond donors (Lipinski definition) is 0. The first-order valence-corrected chi connectivity index (χ1v) is 11.9. The molecule has 39 heavy (non-hydrogen) atoms. The molecular formula is C30H44BF4ORu3. The maximum absolute atomic E-state index is 9.75. The fourth-order valence-electron chi connectivity index (χ4n) is 3.76. The Kier molecular flexibility index (Phi) is 30.9. The van der Waals surface area contributed by atoms with E-state index in [1.54, 1.807) is 0 Å². The van der Waals surface area contributed by atoms with Gasteiger partial charge in [0.15, 0.2) is 0 Å². The molecule has 0 bridgehead atoms. The Morgan fingerprint density at radius 1 is 0.333 bits per heavy atom. The molecule has 3 aliphatic rings. The van der Waals surface area contributed by atoms with Gasteiger partial charge in [0.25, 0.3) is 0 Å². The summed E-state index contributed by atoms with van der Waals surface area (Å²) in [5.41, 5.74) is 0. The van der Waals surface area contributed by atoms with E-state index in [1.807, 2.05) is 38.5 Å². The van der Waals surface area contributed by atoms with Gasteiger partial charge < -0.3 is 22.7 Å². The largest absolute Gasteiger partial charge is 1.00 e. The average Bonchev–Trinajstić information content (AvgIpc) is 2.82. The van der Waals surface area contributed by atoms with Gasteiger partial charge in [0.05, 0.1) is 0 Å². The van der Waals surface area contributed by atoms with E-state index in [9.17, 15) is 17.3 Å². The fraction of sp³-hybridized carbons (Fsp3) is 0.400. The van der Waals surface area contributed by atoms with Crippen LogP contribution in [-0.2, 0) is 58.4 Å². The van der Waals surface area contributed by atoms with Crippen molar-refractivity contribution in [1.29, 1.82) is 0 Å². The first-order valence-electron chi connectivity index (χ1n) is 11.9. The molecule has 0 amide bonds. The summed E-state index contributed by atoms with van der Waals surface area (Å²) in [6, 6.07) is 0. The average molecular weight is 811 g/mol. The van der Waals surface area contributed by atoms with Crippen LogP contribution in [0.15, 0.2) is 0 Å². The van der Waals surface area contributed by atoms with Crippen molar-refractivity contribution in [3.63, 3.8) is 0 Å². The van der Waals surface area contributed by atoms with E-state index in [1.165, 1.54) is 71.0 Å². The van der Waals surface area contributed by atoms with Gasteiger partial charge in [-0.3, -0.25) is 0 Å². The SMILES string of the molecule is C[C]1[C](C)[C](C)[C](C)[C](C)[C]1C.C[C]1[C](C)[C](C)[C](C)[C](C)[C]1C.F[B-](F)(F)F.O.[CH]1[CH][CH][CH][CH][CH]1.[Ru+].[Ru].[Ru]. The molecule has 0 spiro atoms. The molecule has 0 heterocycles. The zero-order chi connectivity index (χ0) is 27.7. The quantitative estimate of drug-likeness (QED) is 0.173. The van der Waals surface area contributed by atoms with Crippen LogP contribution in [0.2, 0.25) is 0 Å². The van der Waals surface area contributed by atoms with Crippen molar-refractivity contribution in [3.8, 4) is 0 Å². The van der Waals surface area contributed by atoms with E-state index in [-0.39, 0.29) is 63.9 Å². The summed E-state index contributed by atoms with van der Waals surface area (Å²) in [6.45, 7) is 26.5. The van der Waals surface area contributed by atoms with E-state index in [4.69, 9.17) is 0 Å². The van der Waals surface area contributed by atoms with Crippen molar-refractivity contribution in [2.24, 2.45) is 0 Å². The molecule has 1 nitrogen and oxygen atoms in total. The van der Waals surface area contributed by atoms with Crippen molar-refractivity contribution < 1.29 is 81.2 Å². The Balaban J connectivity index is -0.000000135. The number of hydrogen-bond acceptors (Lipinski definition) is 0. The molecule has 3 fully saturated rings. The van der Waals surface area contributed by atoms with Gasteiger partial charge in [-0.05, 0) is 110 Å². The Morgan fingerprint density at radius 3 is 0.436 bits per heavy atom. The van der Waals surface area contributed by atoms with Gasteiger partial charge in [-0.25, -0.2) is 0 Å². The topological polar surface area (TPSA) is 31.5 Å². The minimum Gasteiger partial charge on any atom is -0.418 e. The molecule has 0 aliphatic heterocycles. The van der Waals surface area contributed by atoms with Crippen LogP contribution in [0.5, 0.6) is 0 Å². The Morgan fingerprint density at radius 2 is 0.385 bits per heavy atom. The van der Waals surface area contributed by atoms with Crippen molar-refractivity contribution >= 4 is 7.25 Å². The van der Waals surface area contributed by atoms with Crippen LogP contribution in [0.1, 0.15) is 83.1 Å². The molecule has 0 saturated heterocycles. The van der Waals surface area contributed by atoms with Gasteiger partial charge in [-0.15, -0.1) is 0 Å². The van der Waals surface area contributed by atoms with E-state index in [0.717, 1.165) is 0 Å². The first-order chi connectivity index (χ1) is 15.9. The van der Waals surface area contributed by atoms with E-state index >= 15 is 0 Å². The number of halogens is 4. The van der Waals surface area contributed by atoms with Crippen LogP contribution in [0, 0.1) is 110 Å². The van der Waals surface area contributed by atoms with Gasteiger partial charge >= 0.3 is 26.7 Å². The molecule has 225 valence electrons. The maximum atomic E-state index is 9.75. The maximum Gasteiger partial charge on any atom is 1.00 e. The van der Waals surface area contributed by atoms with Gasteiger partial charge in [0, 0.05) is 39.0 Å². The van der Waals surface area contributed by atoms with Crippen molar-refractivity contribution in [2.75, 3.05) is 0 Å². The summed E-state index contributed by atoms with van der Waals surface area (Å²) >= 11 is 0. The molecule has 0 aromatic carbocycles. The van der Waals surface area contributed by atoms with E-state index < -0.39 is 7.25 Å². The van der Waals surface area contributed by atoms with Crippen LogP contribution >= 0.6 is 0 Å². The standard InChI is InChI=1S/2C12H18.C6H6.BF4.H2O.3Ru/c2*1-7-8(2)10(4)12(6)11(5)9(7)3;1-2-4-6-5-3-1;2-1(3,4)5;;;;/h2*1-6H3;1-6H;;1H2;;;/q;;;-1;;;;+1. The summed E-state index contributed by atoms with van der Waals surface area (Å²) in [5, 5.41) is 0. The Hall–Kier alpha value is 1.62. The molecule has 0 unspecified atom stereocenters. The Labute approximate surface area is 279 Å². The molecular weight excluding hydrogens is 766 g/mol. The first kappa shape index (κ1) is 50.3. The predicted octanol–water partition coefficient (Wildman–Crippen LogP) is 8.83. The van der Waals surface area contributed by atoms with Gasteiger partial charge in [0.2, 0.25) is 0 Å². The Bertz CT molecular complexity index is 398. The monoisotopic (exact) mass is 813 g/mol. The van der Waals surface area contributed by atoms with E-state index in [0.29, 0.717) is 0 Å². The summed E-state index contributed by atoms with van der Waals surface area (Å²) < 4.78 is 39.0. The molecule has 3 saturated carbocycles. The molecule has 3 rings (SSSR count). The molecule has 0 aromatic rings. The zero-order valence-electron chi connectivity index (χ0n) is 25.1. The smallest absolute Gasteiger partial charge is 0.418 e. The summed E-state index contributed by atoms with van der Waals surface area (Å²) in [5.74, 6) is 17.5. The third kappa shape index (κ3) is 18.1. The van der Waals surface area contributed by atoms with Crippen LogP contribution in [0.4, 0.5) is 17.3 Å². The molecule has 0 aromatic heterocycles. The molecule has 2 N–H and O–H groups in total. The summed E-state index contributed by atoms with van der Waals surface area (Å²) in [6.07, 6.45) is 12.0. The second-order valence-electron chi connectivity index (χ2n) is 9.15.